The molecule has 17 heavy (non-hydrogen) atoms. The molecule has 2 aliphatic heterocycles. The molecule has 7 nitrogen and oxygen atoms in total. The minimum Gasteiger partial charge on any atom is -0.480 e. The summed E-state index contributed by atoms with van der Waals surface area (Å²) in [6.45, 7) is 0.586. The van der Waals surface area contributed by atoms with Crippen molar-refractivity contribution in [1.82, 2.24) is 4.90 Å². The Hall–Kier alpha value is -1.18. The van der Waals surface area contributed by atoms with Crippen molar-refractivity contribution < 1.29 is 24.5 Å². The van der Waals surface area contributed by atoms with Gasteiger partial charge in [-0.05, 0) is 0 Å². The second kappa shape index (κ2) is 4.59. The third kappa shape index (κ3) is 2.26. The molecule has 0 aromatic carbocycles. The van der Waals surface area contributed by atoms with Crippen molar-refractivity contribution in [2.75, 3.05) is 19.8 Å². The zero-order chi connectivity index (χ0) is 12.6. The molecular weight excluding hydrogens is 228 g/mol. The summed E-state index contributed by atoms with van der Waals surface area (Å²) in [5.41, 5.74) is 5.72. The van der Waals surface area contributed by atoms with Crippen LogP contribution in [0, 0.1) is 5.92 Å². The molecule has 0 aromatic rings. The summed E-state index contributed by atoms with van der Waals surface area (Å²) < 4.78 is 5.09. The monoisotopic (exact) mass is 244 g/mol. The molecule has 2 fully saturated rings. The van der Waals surface area contributed by atoms with E-state index in [4.69, 9.17) is 15.6 Å². The fourth-order valence-corrected chi connectivity index (χ4v) is 2.33. The van der Waals surface area contributed by atoms with E-state index in [1.165, 1.54) is 4.90 Å². The van der Waals surface area contributed by atoms with Crippen LogP contribution >= 0.6 is 0 Å². The van der Waals surface area contributed by atoms with E-state index >= 15 is 0 Å². The molecule has 0 radical (unpaired) electrons. The van der Waals surface area contributed by atoms with Gasteiger partial charge in [0, 0.05) is 19.0 Å². The van der Waals surface area contributed by atoms with E-state index in [2.05, 4.69) is 0 Å². The summed E-state index contributed by atoms with van der Waals surface area (Å²) in [4.78, 5) is 24.3. The molecule has 96 valence electrons. The van der Waals surface area contributed by atoms with Gasteiger partial charge in [-0.3, -0.25) is 4.79 Å². The molecule has 4 atom stereocenters. The maximum absolute atomic E-state index is 12.1. The van der Waals surface area contributed by atoms with Crippen LogP contribution < -0.4 is 5.73 Å². The van der Waals surface area contributed by atoms with Gasteiger partial charge in [-0.15, -0.1) is 0 Å². The molecule has 0 aromatic heterocycles. The Bertz CT molecular complexity index is 335. The topological polar surface area (TPSA) is 113 Å². The highest BCUT2D eigenvalue weighted by atomic mass is 16.5. The van der Waals surface area contributed by atoms with Gasteiger partial charge in [0.1, 0.15) is 6.04 Å². The fourth-order valence-electron chi connectivity index (χ4n) is 2.33. The summed E-state index contributed by atoms with van der Waals surface area (Å²) in [5, 5.41) is 18.4. The van der Waals surface area contributed by atoms with Crippen LogP contribution in [0.5, 0.6) is 0 Å². The van der Waals surface area contributed by atoms with Crippen LogP contribution in [0.25, 0.3) is 0 Å². The van der Waals surface area contributed by atoms with E-state index < -0.39 is 30.1 Å². The molecule has 7 heteroatoms. The Morgan fingerprint density at radius 2 is 2.06 bits per heavy atom. The van der Waals surface area contributed by atoms with Crippen molar-refractivity contribution in [2.45, 2.75) is 24.6 Å². The maximum Gasteiger partial charge on any atom is 0.326 e. The number of hydrogen-bond acceptors (Lipinski definition) is 5. The number of hydrogen-bond donors (Lipinski definition) is 3. The molecular formula is C10H16N2O5. The maximum atomic E-state index is 12.1. The van der Waals surface area contributed by atoms with Crippen LogP contribution in [0.3, 0.4) is 0 Å². The third-order valence-electron chi connectivity index (χ3n) is 3.29. The van der Waals surface area contributed by atoms with Gasteiger partial charge in [-0.1, -0.05) is 0 Å². The summed E-state index contributed by atoms with van der Waals surface area (Å²) in [6.07, 6.45) is -0.706. The van der Waals surface area contributed by atoms with Crippen molar-refractivity contribution >= 4 is 11.9 Å². The quantitative estimate of drug-likeness (QED) is 0.518. The molecule has 0 bridgehead atoms. The Kier molecular flexibility index (Phi) is 3.32. The van der Waals surface area contributed by atoms with Crippen LogP contribution in [-0.2, 0) is 14.3 Å². The van der Waals surface area contributed by atoms with E-state index in [-0.39, 0.29) is 25.5 Å². The van der Waals surface area contributed by atoms with E-state index in [0.29, 0.717) is 6.61 Å². The highest BCUT2D eigenvalue weighted by molar-refractivity contribution is 5.86. The first-order valence-corrected chi connectivity index (χ1v) is 5.55. The lowest BCUT2D eigenvalue weighted by Gasteiger charge is -2.25. The van der Waals surface area contributed by atoms with Crippen molar-refractivity contribution in [3.8, 4) is 0 Å². The number of likely N-dealkylation sites (tertiary alicyclic amines) is 1. The zero-order valence-corrected chi connectivity index (χ0v) is 9.28. The molecule has 1 amide bonds. The minimum absolute atomic E-state index is 0.0546. The number of rotatable bonds is 2. The molecule has 2 saturated heterocycles. The van der Waals surface area contributed by atoms with Gasteiger partial charge >= 0.3 is 5.97 Å². The largest absolute Gasteiger partial charge is 0.480 e. The Balaban J connectivity index is 2.10. The first-order valence-electron chi connectivity index (χ1n) is 5.55. The number of nitrogens with two attached hydrogens (primary N) is 1. The average molecular weight is 244 g/mol. The summed E-state index contributed by atoms with van der Waals surface area (Å²) in [5.74, 6) is -1.93. The van der Waals surface area contributed by atoms with E-state index in [1.807, 2.05) is 0 Å². The fraction of sp³-hybridized carbons (Fsp3) is 0.800. The Morgan fingerprint density at radius 1 is 1.35 bits per heavy atom. The lowest BCUT2D eigenvalue weighted by molar-refractivity contribution is -0.150. The Morgan fingerprint density at radius 3 is 2.59 bits per heavy atom. The normalized spacial score (nSPS) is 37.4. The van der Waals surface area contributed by atoms with Gasteiger partial charge in [0.15, 0.2) is 0 Å². The lowest BCUT2D eigenvalue weighted by Crippen LogP contribution is -2.48. The molecule has 2 rings (SSSR count). The minimum atomic E-state index is -1.10. The highest BCUT2D eigenvalue weighted by Gasteiger charge is 2.43. The van der Waals surface area contributed by atoms with E-state index in [9.17, 15) is 14.7 Å². The highest BCUT2D eigenvalue weighted by Crippen LogP contribution is 2.23. The number of aliphatic hydroxyl groups is 1. The average Bonchev–Trinajstić information content (AvgIpc) is 2.83. The van der Waals surface area contributed by atoms with Gasteiger partial charge in [0.2, 0.25) is 5.91 Å². The number of aliphatic hydroxyl groups excluding tert-OH is 1. The van der Waals surface area contributed by atoms with Crippen molar-refractivity contribution in [2.24, 2.45) is 11.7 Å². The SMILES string of the molecule is NC1COCC1C(=O)N1C[C@H](O)C[C@@H]1C(=O)O. The van der Waals surface area contributed by atoms with Crippen LogP contribution in [0.15, 0.2) is 0 Å². The molecule has 0 spiro atoms. The van der Waals surface area contributed by atoms with Crippen LogP contribution in [0.2, 0.25) is 0 Å². The standard InChI is InChI=1S/C10H16N2O5/c11-7-4-17-3-6(7)9(14)12-2-5(13)1-8(12)10(15)16/h5-8,13H,1-4,11H2,(H,15,16)/t5-,6?,7?,8-/m1/s1. The Labute approximate surface area is 98.1 Å². The predicted octanol–water partition coefficient (Wildman–Crippen LogP) is -1.99. The van der Waals surface area contributed by atoms with Gasteiger partial charge in [0.25, 0.3) is 0 Å². The molecule has 2 heterocycles. The third-order valence-corrected chi connectivity index (χ3v) is 3.29. The lowest BCUT2D eigenvalue weighted by atomic mass is 10.0. The molecule has 0 saturated carbocycles. The van der Waals surface area contributed by atoms with Crippen molar-refractivity contribution in [3.05, 3.63) is 0 Å². The zero-order valence-electron chi connectivity index (χ0n) is 9.28. The van der Waals surface area contributed by atoms with E-state index in [1.54, 1.807) is 0 Å². The number of carbonyl (C=O) groups is 2. The van der Waals surface area contributed by atoms with Crippen LogP contribution in [-0.4, -0.2) is 64.9 Å². The van der Waals surface area contributed by atoms with Crippen molar-refractivity contribution in [1.29, 1.82) is 0 Å². The number of β-amino-alcohol motifs (C(OH)–C–C–N with tert-alkyl or cyclic N) is 1. The number of nitrogens with zero attached hydrogens (tertiary/aromatic N) is 1. The molecule has 2 aliphatic rings. The molecule has 0 aliphatic carbocycles. The molecule has 4 N–H and O–H groups in total. The number of aliphatic carboxylic acids is 1. The van der Waals surface area contributed by atoms with Crippen LogP contribution in [0.1, 0.15) is 6.42 Å². The molecule has 2 unspecified atom stereocenters. The van der Waals surface area contributed by atoms with Gasteiger partial charge in [0.05, 0.1) is 25.2 Å². The first-order chi connectivity index (χ1) is 8.00. The number of amides is 1. The van der Waals surface area contributed by atoms with Crippen LogP contribution in [0.4, 0.5) is 0 Å². The second-order valence-electron chi connectivity index (χ2n) is 4.54. The first kappa shape index (κ1) is 12.3. The summed E-state index contributed by atoms with van der Waals surface area (Å²) in [7, 11) is 0. The predicted molar refractivity (Wildman–Crippen MR) is 56.0 cm³/mol. The van der Waals surface area contributed by atoms with Gasteiger partial charge < -0.3 is 25.6 Å². The number of carbonyl (C=O) groups excluding carboxylic acids is 1. The van der Waals surface area contributed by atoms with Gasteiger partial charge in [-0.25, -0.2) is 4.79 Å². The number of ether oxygens (including phenoxy) is 1. The van der Waals surface area contributed by atoms with E-state index in [0.717, 1.165) is 0 Å². The van der Waals surface area contributed by atoms with Crippen molar-refractivity contribution in [3.63, 3.8) is 0 Å². The second-order valence-corrected chi connectivity index (χ2v) is 4.54. The number of carboxylic acid groups (broad SMARTS) is 1. The summed E-state index contributed by atoms with van der Waals surface area (Å²) >= 11 is 0. The smallest absolute Gasteiger partial charge is 0.326 e. The number of carboxylic acids is 1. The van der Waals surface area contributed by atoms with Gasteiger partial charge in [-0.2, -0.15) is 0 Å². The summed E-state index contributed by atoms with van der Waals surface area (Å²) in [6, 6.07) is -1.35.